The zero-order chi connectivity index (χ0) is 12.8. The quantitative estimate of drug-likeness (QED) is 0.849. The second-order valence-electron chi connectivity index (χ2n) is 4.16. The van der Waals surface area contributed by atoms with Gasteiger partial charge in [0.25, 0.3) is 0 Å². The molecule has 5 heteroatoms. The summed E-state index contributed by atoms with van der Waals surface area (Å²) in [5.41, 5.74) is 0. The fourth-order valence-electron chi connectivity index (χ4n) is 1.68. The highest BCUT2D eigenvalue weighted by molar-refractivity contribution is 5.41. The summed E-state index contributed by atoms with van der Waals surface area (Å²) < 4.78 is 1.76. The Labute approximate surface area is 107 Å². The predicted octanol–water partition coefficient (Wildman–Crippen LogP) is 2.44. The average Bonchev–Trinajstić information content (AvgIpc) is 2.90. The summed E-state index contributed by atoms with van der Waals surface area (Å²) in [6.45, 7) is 5.18. The standard InChI is InChI=1S/C13H19N5/c1-3-6-11-16-12(14-7-4-2)10-13(17-11)18-9-5-8-15-18/h5,8-10H,3-4,6-7H2,1-2H3,(H,14,16,17). The molecular weight excluding hydrogens is 226 g/mol. The minimum Gasteiger partial charge on any atom is -0.370 e. The molecule has 2 heterocycles. The van der Waals surface area contributed by atoms with Gasteiger partial charge in [0.2, 0.25) is 0 Å². The van der Waals surface area contributed by atoms with Crippen LogP contribution in [0.2, 0.25) is 0 Å². The molecule has 0 saturated heterocycles. The number of nitrogens with one attached hydrogen (secondary N) is 1. The minimum atomic E-state index is 0.817. The van der Waals surface area contributed by atoms with Crippen LogP contribution in [0, 0.1) is 0 Å². The Morgan fingerprint density at radius 2 is 2.11 bits per heavy atom. The SMILES string of the molecule is CCCNc1cc(-n2cccn2)nc(CCC)n1. The van der Waals surface area contributed by atoms with E-state index in [0.29, 0.717) is 0 Å². The number of anilines is 1. The molecule has 0 aliphatic rings. The number of rotatable bonds is 6. The third-order valence-corrected chi connectivity index (χ3v) is 2.53. The van der Waals surface area contributed by atoms with Crippen molar-refractivity contribution in [3.05, 3.63) is 30.4 Å². The molecule has 0 aromatic carbocycles. The zero-order valence-electron chi connectivity index (χ0n) is 10.9. The summed E-state index contributed by atoms with van der Waals surface area (Å²) in [7, 11) is 0. The van der Waals surface area contributed by atoms with E-state index in [-0.39, 0.29) is 0 Å². The van der Waals surface area contributed by atoms with E-state index in [4.69, 9.17) is 0 Å². The molecule has 2 aromatic rings. The minimum absolute atomic E-state index is 0.817. The van der Waals surface area contributed by atoms with Crippen molar-refractivity contribution < 1.29 is 0 Å². The van der Waals surface area contributed by atoms with Crippen molar-refractivity contribution in [1.82, 2.24) is 19.7 Å². The summed E-state index contributed by atoms with van der Waals surface area (Å²) in [6, 6.07) is 3.82. The maximum atomic E-state index is 4.52. The van der Waals surface area contributed by atoms with E-state index in [1.54, 1.807) is 10.9 Å². The van der Waals surface area contributed by atoms with Crippen molar-refractivity contribution in [2.24, 2.45) is 0 Å². The monoisotopic (exact) mass is 245 g/mol. The Morgan fingerprint density at radius 3 is 2.78 bits per heavy atom. The van der Waals surface area contributed by atoms with E-state index in [2.05, 4.69) is 34.2 Å². The van der Waals surface area contributed by atoms with Gasteiger partial charge in [0.1, 0.15) is 11.6 Å². The Morgan fingerprint density at radius 1 is 1.22 bits per heavy atom. The number of hydrogen-bond acceptors (Lipinski definition) is 4. The van der Waals surface area contributed by atoms with Crippen molar-refractivity contribution >= 4 is 5.82 Å². The van der Waals surface area contributed by atoms with Crippen LogP contribution >= 0.6 is 0 Å². The van der Waals surface area contributed by atoms with Gasteiger partial charge in [-0.05, 0) is 18.9 Å². The van der Waals surface area contributed by atoms with Gasteiger partial charge in [0.15, 0.2) is 5.82 Å². The van der Waals surface area contributed by atoms with Crippen LogP contribution in [0.4, 0.5) is 5.82 Å². The summed E-state index contributed by atoms with van der Waals surface area (Å²) in [4.78, 5) is 9.03. The molecule has 0 spiro atoms. The van der Waals surface area contributed by atoms with Gasteiger partial charge in [-0.2, -0.15) is 5.10 Å². The molecule has 2 rings (SSSR count). The summed E-state index contributed by atoms with van der Waals surface area (Å²) >= 11 is 0. The van der Waals surface area contributed by atoms with Crippen molar-refractivity contribution in [3.63, 3.8) is 0 Å². The maximum Gasteiger partial charge on any atom is 0.159 e. The first-order valence-corrected chi connectivity index (χ1v) is 6.45. The lowest BCUT2D eigenvalue weighted by atomic mass is 10.3. The number of nitrogens with zero attached hydrogens (tertiary/aromatic N) is 4. The number of aryl methyl sites for hydroxylation is 1. The molecule has 0 saturated carbocycles. The molecule has 1 N–H and O–H groups in total. The lowest BCUT2D eigenvalue weighted by molar-refractivity contribution is 0.784. The maximum absolute atomic E-state index is 4.52. The number of hydrogen-bond donors (Lipinski definition) is 1. The Balaban J connectivity index is 2.30. The Kier molecular flexibility index (Phi) is 4.28. The second-order valence-corrected chi connectivity index (χ2v) is 4.16. The molecule has 0 unspecified atom stereocenters. The number of aromatic nitrogens is 4. The van der Waals surface area contributed by atoms with Crippen LogP contribution in [0.1, 0.15) is 32.5 Å². The van der Waals surface area contributed by atoms with Crippen molar-refractivity contribution in [1.29, 1.82) is 0 Å². The highest BCUT2D eigenvalue weighted by Gasteiger charge is 2.05. The summed E-state index contributed by atoms with van der Waals surface area (Å²) in [5.74, 6) is 2.56. The van der Waals surface area contributed by atoms with Gasteiger partial charge >= 0.3 is 0 Å². The predicted molar refractivity (Wildman–Crippen MR) is 71.9 cm³/mol. The van der Waals surface area contributed by atoms with E-state index in [1.165, 1.54) is 0 Å². The summed E-state index contributed by atoms with van der Waals surface area (Å²) in [5, 5.41) is 7.51. The molecule has 0 aliphatic carbocycles. The molecule has 0 aliphatic heterocycles. The first-order valence-electron chi connectivity index (χ1n) is 6.45. The molecule has 0 fully saturated rings. The van der Waals surface area contributed by atoms with Crippen LogP contribution in [-0.4, -0.2) is 26.3 Å². The van der Waals surface area contributed by atoms with E-state index in [0.717, 1.165) is 43.3 Å². The molecule has 5 nitrogen and oxygen atoms in total. The lowest BCUT2D eigenvalue weighted by Gasteiger charge is -2.09. The molecule has 0 amide bonds. The normalized spacial score (nSPS) is 10.6. The first-order chi connectivity index (χ1) is 8.83. The smallest absolute Gasteiger partial charge is 0.159 e. The van der Waals surface area contributed by atoms with E-state index < -0.39 is 0 Å². The van der Waals surface area contributed by atoms with Crippen molar-refractivity contribution in [3.8, 4) is 5.82 Å². The molecular formula is C13H19N5. The zero-order valence-corrected chi connectivity index (χ0v) is 10.9. The van der Waals surface area contributed by atoms with E-state index in [9.17, 15) is 0 Å². The summed E-state index contributed by atoms with van der Waals surface area (Å²) in [6.07, 6.45) is 6.64. The fourth-order valence-corrected chi connectivity index (χ4v) is 1.68. The molecule has 0 atom stereocenters. The van der Waals surface area contributed by atoms with Crippen LogP contribution in [0.5, 0.6) is 0 Å². The van der Waals surface area contributed by atoms with Gasteiger partial charge in [-0.3, -0.25) is 0 Å². The molecule has 18 heavy (non-hydrogen) atoms. The molecule has 0 radical (unpaired) electrons. The fraction of sp³-hybridized carbons (Fsp3) is 0.462. The largest absolute Gasteiger partial charge is 0.370 e. The van der Waals surface area contributed by atoms with Gasteiger partial charge in [-0.1, -0.05) is 13.8 Å². The van der Waals surface area contributed by atoms with E-state index in [1.807, 2.05) is 18.3 Å². The van der Waals surface area contributed by atoms with E-state index >= 15 is 0 Å². The van der Waals surface area contributed by atoms with Gasteiger partial charge in [0, 0.05) is 31.4 Å². The van der Waals surface area contributed by atoms with Crippen LogP contribution < -0.4 is 5.32 Å². The van der Waals surface area contributed by atoms with Crippen LogP contribution in [0.3, 0.4) is 0 Å². The van der Waals surface area contributed by atoms with Crippen LogP contribution in [0.15, 0.2) is 24.5 Å². The molecule has 0 bridgehead atoms. The Bertz CT molecular complexity index is 478. The van der Waals surface area contributed by atoms with Crippen molar-refractivity contribution in [2.45, 2.75) is 33.1 Å². The van der Waals surface area contributed by atoms with Crippen LogP contribution in [0.25, 0.3) is 5.82 Å². The highest BCUT2D eigenvalue weighted by Crippen LogP contribution is 2.11. The van der Waals surface area contributed by atoms with Gasteiger partial charge in [-0.25, -0.2) is 14.6 Å². The average molecular weight is 245 g/mol. The van der Waals surface area contributed by atoms with Crippen LogP contribution in [-0.2, 0) is 6.42 Å². The first kappa shape index (κ1) is 12.5. The van der Waals surface area contributed by atoms with Gasteiger partial charge in [0.05, 0.1) is 0 Å². The third-order valence-electron chi connectivity index (χ3n) is 2.53. The highest BCUT2D eigenvalue weighted by atomic mass is 15.3. The topological polar surface area (TPSA) is 55.6 Å². The Hall–Kier alpha value is -1.91. The van der Waals surface area contributed by atoms with Gasteiger partial charge in [-0.15, -0.1) is 0 Å². The molecule has 96 valence electrons. The van der Waals surface area contributed by atoms with Crippen molar-refractivity contribution in [2.75, 3.05) is 11.9 Å². The molecule has 2 aromatic heterocycles. The third kappa shape index (κ3) is 3.06. The second kappa shape index (κ2) is 6.14. The lowest BCUT2D eigenvalue weighted by Crippen LogP contribution is -2.09. The van der Waals surface area contributed by atoms with Gasteiger partial charge < -0.3 is 5.32 Å².